The summed E-state index contributed by atoms with van der Waals surface area (Å²) < 4.78 is 5.41. The minimum Gasteiger partial charge on any atom is -0.478 e. The molecule has 0 spiro atoms. The highest BCUT2D eigenvalue weighted by Gasteiger charge is 2.21. The van der Waals surface area contributed by atoms with Crippen LogP contribution in [0.25, 0.3) is 0 Å². The predicted octanol–water partition coefficient (Wildman–Crippen LogP) is 4.05. The lowest BCUT2D eigenvalue weighted by Crippen LogP contribution is -2.50. The van der Waals surface area contributed by atoms with E-state index in [1.165, 1.54) is 0 Å². The first kappa shape index (κ1) is 22.9. The normalized spacial score (nSPS) is 14.6. The molecule has 0 aliphatic carbocycles. The van der Waals surface area contributed by atoms with E-state index in [4.69, 9.17) is 21.3 Å². The molecule has 0 unspecified atom stereocenters. The summed E-state index contributed by atoms with van der Waals surface area (Å²) in [5.41, 5.74) is 1.99. The fraction of sp³-hybridized carbons (Fsp3) is 0.391. The van der Waals surface area contributed by atoms with Crippen LogP contribution in [0.4, 0.5) is 11.4 Å². The standard InChI is InChI=1S/C23H29ClN4O3/c1-2-31-16-6-11-25-23(26-19-8-5-7-18(17-19)22(29)30)28-14-12-27(13-15-28)21-10-4-3-9-20(21)24/h3-5,7-10,17H,2,6,11-16H2,1H3,(H,25,26)(H,29,30). The van der Waals surface area contributed by atoms with Gasteiger partial charge in [0.2, 0.25) is 0 Å². The van der Waals surface area contributed by atoms with Gasteiger partial charge in [0.15, 0.2) is 5.96 Å². The fourth-order valence-electron chi connectivity index (χ4n) is 3.44. The van der Waals surface area contributed by atoms with Gasteiger partial charge >= 0.3 is 5.97 Å². The van der Waals surface area contributed by atoms with Crippen LogP contribution in [0, 0.1) is 0 Å². The summed E-state index contributed by atoms with van der Waals surface area (Å²) in [6.07, 6.45) is 0.827. The Hall–Kier alpha value is -2.77. The van der Waals surface area contributed by atoms with Crippen molar-refractivity contribution in [2.24, 2.45) is 4.99 Å². The number of aromatic carboxylic acids is 1. The van der Waals surface area contributed by atoms with E-state index in [2.05, 4.69) is 15.1 Å². The second-order valence-corrected chi connectivity index (χ2v) is 7.60. The first-order valence-corrected chi connectivity index (χ1v) is 10.9. The Labute approximate surface area is 188 Å². The number of ether oxygens (including phenoxy) is 1. The number of para-hydroxylation sites is 1. The number of nitrogens with one attached hydrogen (secondary N) is 1. The maximum atomic E-state index is 11.3. The van der Waals surface area contributed by atoms with Crippen molar-refractivity contribution < 1.29 is 14.6 Å². The molecular weight excluding hydrogens is 416 g/mol. The van der Waals surface area contributed by atoms with E-state index in [1.54, 1.807) is 18.2 Å². The van der Waals surface area contributed by atoms with Crippen molar-refractivity contribution >= 4 is 34.9 Å². The third-order valence-corrected chi connectivity index (χ3v) is 5.37. The maximum Gasteiger partial charge on any atom is 0.335 e. The minimum absolute atomic E-state index is 0.240. The topological polar surface area (TPSA) is 77.4 Å². The number of carbonyl (C=O) groups is 1. The molecule has 31 heavy (non-hydrogen) atoms. The monoisotopic (exact) mass is 444 g/mol. The molecule has 2 aromatic carbocycles. The van der Waals surface area contributed by atoms with Crippen molar-refractivity contribution in [3.63, 3.8) is 0 Å². The number of benzene rings is 2. The Bertz CT molecular complexity index is 898. The van der Waals surface area contributed by atoms with E-state index >= 15 is 0 Å². The molecule has 0 saturated carbocycles. The van der Waals surface area contributed by atoms with E-state index in [9.17, 15) is 9.90 Å². The van der Waals surface area contributed by atoms with E-state index in [0.29, 0.717) is 25.4 Å². The third kappa shape index (κ3) is 6.60. The van der Waals surface area contributed by atoms with Crippen molar-refractivity contribution in [3.05, 3.63) is 59.1 Å². The molecule has 3 rings (SSSR count). The largest absolute Gasteiger partial charge is 0.478 e. The Kier molecular flexibility index (Phi) is 8.55. The SMILES string of the molecule is CCOCCCN=C(Nc1cccc(C(=O)O)c1)N1CCN(c2ccccc2Cl)CC1. The molecule has 7 nitrogen and oxygen atoms in total. The minimum atomic E-state index is -0.952. The molecule has 166 valence electrons. The summed E-state index contributed by atoms with van der Waals surface area (Å²) in [6.45, 7) is 7.16. The highest BCUT2D eigenvalue weighted by molar-refractivity contribution is 6.33. The summed E-state index contributed by atoms with van der Waals surface area (Å²) >= 11 is 6.36. The quantitative estimate of drug-likeness (QED) is 0.363. The van der Waals surface area contributed by atoms with Gasteiger partial charge in [-0.3, -0.25) is 4.99 Å². The number of halogens is 1. The van der Waals surface area contributed by atoms with Gasteiger partial charge in [-0.05, 0) is 43.7 Å². The van der Waals surface area contributed by atoms with Crippen molar-refractivity contribution in [2.75, 3.05) is 56.2 Å². The Balaban J connectivity index is 1.69. The highest BCUT2D eigenvalue weighted by Crippen LogP contribution is 2.26. The number of carboxylic acids is 1. The second kappa shape index (κ2) is 11.6. The lowest BCUT2D eigenvalue weighted by Gasteiger charge is -2.38. The lowest BCUT2D eigenvalue weighted by molar-refractivity contribution is 0.0697. The number of guanidine groups is 1. The predicted molar refractivity (Wildman–Crippen MR) is 126 cm³/mol. The van der Waals surface area contributed by atoms with Crippen LogP contribution in [0.3, 0.4) is 0 Å². The number of rotatable bonds is 8. The van der Waals surface area contributed by atoms with Crippen LogP contribution in [0.1, 0.15) is 23.7 Å². The molecule has 0 radical (unpaired) electrons. The van der Waals surface area contributed by atoms with E-state index < -0.39 is 5.97 Å². The van der Waals surface area contributed by atoms with Gasteiger partial charge < -0.3 is 25.0 Å². The van der Waals surface area contributed by atoms with Crippen LogP contribution in [0.2, 0.25) is 5.02 Å². The van der Waals surface area contributed by atoms with Gasteiger partial charge in [-0.15, -0.1) is 0 Å². The van der Waals surface area contributed by atoms with Crippen molar-refractivity contribution in [2.45, 2.75) is 13.3 Å². The summed E-state index contributed by atoms with van der Waals surface area (Å²) in [5, 5.41) is 13.4. The number of hydrogen-bond donors (Lipinski definition) is 2. The van der Waals surface area contributed by atoms with Crippen LogP contribution >= 0.6 is 11.6 Å². The van der Waals surface area contributed by atoms with Gasteiger partial charge in [-0.25, -0.2) is 4.79 Å². The molecule has 0 bridgehead atoms. The molecular formula is C23H29ClN4O3. The third-order valence-electron chi connectivity index (χ3n) is 5.05. The molecule has 1 fully saturated rings. The number of anilines is 2. The zero-order valence-electron chi connectivity index (χ0n) is 17.8. The first-order chi connectivity index (χ1) is 15.1. The van der Waals surface area contributed by atoms with E-state index in [0.717, 1.165) is 49.3 Å². The van der Waals surface area contributed by atoms with E-state index in [1.807, 2.05) is 37.3 Å². The molecule has 0 amide bonds. The zero-order valence-corrected chi connectivity index (χ0v) is 18.5. The second-order valence-electron chi connectivity index (χ2n) is 7.19. The molecule has 0 aromatic heterocycles. The van der Waals surface area contributed by atoms with Gasteiger partial charge in [0, 0.05) is 51.6 Å². The summed E-state index contributed by atoms with van der Waals surface area (Å²) in [6, 6.07) is 14.7. The Morgan fingerprint density at radius 3 is 2.65 bits per heavy atom. The summed E-state index contributed by atoms with van der Waals surface area (Å²) in [7, 11) is 0. The van der Waals surface area contributed by atoms with Crippen molar-refractivity contribution in [3.8, 4) is 0 Å². The van der Waals surface area contributed by atoms with Crippen LogP contribution in [0.15, 0.2) is 53.5 Å². The van der Waals surface area contributed by atoms with Crippen LogP contribution in [0.5, 0.6) is 0 Å². The molecule has 0 atom stereocenters. The Morgan fingerprint density at radius 1 is 1.16 bits per heavy atom. The Morgan fingerprint density at radius 2 is 1.94 bits per heavy atom. The maximum absolute atomic E-state index is 11.3. The number of piperazine rings is 1. The average Bonchev–Trinajstić information content (AvgIpc) is 2.79. The molecule has 1 heterocycles. The van der Waals surface area contributed by atoms with Crippen molar-refractivity contribution in [1.29, 1.82) is 0 Å². The molecule has 8 heteroatoms. The van der Waals surface area contributed by atoms with Crippen LogP contribution in [-0.2, 0) is 4.74 Å². The van der Waals surface area contributed by atoms with Crippen LogP contribution in [-0.4, -0.2) is 67.9 Å². The number of carboxylic acid groups (broad SMARTS) is 1. The molecule has 1 aliphatic rings. The molecule has 2 N–H and O–H groups in total. The smallest absolute Gasteiger partial charge is 0.335 e. The number of hydrogen-bond acceptors (Lipinski definition) is 4. The van der Waals surface area contributed by atoms with Gasteiger partial charge in [-0.1, -0.05) is 29.8 Å². The van der Waals surface area contributed by atoms with Crippen LogP contribution < -0.4 is 10.2 Å². The van der Waals surface area contributed by atoms with Gasteiger partial charge in [0.05, 0.1) is 16.3 Å². The average molecular weight is 445 g/mol. The highest BCUT2D eigenvalue weighted by atomic mass is 35.5. The summed E-state index contributed by atoms with van der Waals surface area (Å²) in [4.78, 5) is 20.5. The van der Waals surface area contributed by atoms with Gasteiger partial charge in [0.25, 0.3) is 0 Å². The zero-order chi connectivity index (χ0) is 22.1. The lowest BCUT2D eigenvalue weighted by atomic mass is 10.2. The number of nitrogens with zero attached hydrogens (tertiary/aromatic N) is 3. The van der Waals surface area contributed by atoms with Crippen molar-refractivity contribution in [1.82, 2.24) is 4.90 Å². The fourth-order valence-corrected chi connectivity index (χ4v) is 3.70. The van der Waals surface area contributed by atoms with E-state index in [-0.39, 0.29) is 5.56 Å². The first-order valence-electron chi connectivity index (χ1n) is 10.6. The number of aliphatic imine (C=N–C) groups is 1. The molecule has 1 saturated heterocycles. The van der Waals surface area contributed by atoms with Gasteiger partial charge in [0.1, 0.15) is 0 Å². The van der Waals surface area contributed by atoms with Gasteiger partial charge in [-0.2, -0.15) is 0 Å². The summed E-state index contributed by atoms with van der Waals surface area (Å²) in [5.74, 6) is -0.204. The molecule has 1 aliphatic heterocycles. The molecule has 2 aromatic rings.